The molecule has 3 heterocycles. The van der Waals surface area contributed by atoms with Crippen molar-refractivity contribution in [3.63, 3.8) is 0 Å². The Morgan fingerprint density at radius 2 is 1.75 bits per heavy atom. The van der Waals surface area contributed by atoms with Gasteiger partial charge < -0.3 is 5.32 Å². The molecular formula is C30H25F3N4O4S3. The van der Waals surface area contributed by atoms with E-state index in [1.54, 1.807) is 18.2 Å². The minimum Gasteiger partial charge on any atom is -0.321 e. The van der Waals surface area contributed by atoms with Gasteiger partial charge in [0.1, 0.15) is 10.7 Å². The molecular weight excluding hydrogens is 634 g/mol. The highest BCUT2D eigenvalue weighted by Gasteiger charge is 2.31. The summed E-state index contributed by atoms with van der Waals surface area (Å²) in [6, 6.07) is 15.1. The second-order valence-electron chi connectivity index (χ2n) is 9.99. The van der Waals surface area contributed by atoms with E-state index >= 15 is 0 Å². The number of aryl methyl sites for hydroxylation is 1. The van der Waals surface area contributed by atoms with Crippen LogP contribution in [0.25, 0.3) is 17.3 Å². The number of carbonyl (C=O) groups excluding carboxylic acids is 1. The van der Waals surface area contributed by atoms with Crippen molar-refractivity contribution in [3.8, 4) is 11.8 Å². The zero-order valence-electron chi connectivity index (χ0n) is 23.2. The molecule has 1 saturated heterocycles. The van der Waals surface area contributed by atoms with Crippen LogP contribution in [-0.2, 0) is 21.0 Å². The van der Waals surface area contributed by atoms with Crippen LogP contribution in [0.2, 0.25) is 0 Å². The molecule has 5 rings (SSSR count). The minimum absolute atomic E-state index is 0.0316. The number of amides is 1. The molecule has 14 heteroatoms. The lowest BCUT2D eigenvalue weighted by Crippen LogP contribution is -2.35. The molecule has 0 radical (unpaired) electrons. The Bertz CT molecular complexity index is 2070. The third-order valence-corrected chi connectivity index (χ3v) is 10.8. The lowest BCUT2D eigenvalue weighted by molar-refractivity contribution is -0.137. The summed E-state index contributed by atoms with van der Waals surface area (Å²) in [5, 5.41) is 12.6. The van der Waals surface area contributed by atoms with E-state index in [1.165, 1.54) is 46.0 Å². The fourth-order valence-electron chi connectivity index (χ4n) is 4.74. The van der Waals surface area contributed by atoms with E-state index in [0.29, 0.717) is 18.0 Å². The molecule has 0 unspecified atom stereocenters. The van der Waals surface area contributed by atoms with Gasteiger partial charge in [-0.15, -0.1) is 22.7 Å². The quantitative estimate of drug-likeness (QED) is 0.326. The third-order valence-electron chi connectivity index (χ3n) is 6.89. The topological polar surface area (TPSA) is 112 Å². The number of aromatic nitrogens is 1. The van der Waals surface area contributed by atoms with E-state index < -0.39 is 38.8 Å². The minimum atomic E-state index is -4.70. The van der Waals surface area contributed by atoms with Gasteiger partial charge in [0.25, 0.3) is 11.5 Å². The molecule has 2 aromatic carbocycles. The highest BCUT2D eigenvalue weighted by Crippen LogP contribution is 2.30. The molecule has 4 aromatic rings. The molecule has 2 aromatic heterocycles. The summed E-state index contributed by atoms with van der Waals surface area (Å²) < 4.78 is 69.2. The molecule has 1 aliphatic rings. The third kappa shape index (κ3) is 6.56. The molecule has 0 saturated carbocycles. The molecule has 0 aliphatic carbocycles. The van der Waals surface area contributed by atoms with Crippen LogP contribution in [0.15, 0.2) is 70.4 Å². The van der Waals surface area contributed by atoms with Crippen LogP contribution in [0.4, 0.5) is 18.9 Å². The number of halogens is 3. The number of thiazole rings is 1. The van der Waals surface area contributed by atoms with E-state index in [-0.39, 0.29) is 25.5 Å². The number of nitriles is 1. The van der Waals surface area contributed by atoms with Gasteiger partial charge in [0, 0.05) is 28.5 Å². The molecule has 0 bridgehead atoms. The number of thiophene rings is 1. The summed E-state index contributed by atoms with van der Waals surface area (Å²) in [6.45, 7) is 2.66. The first kappa shape index (κ1) is 31.4. The SMILES string of the molecule is Cc1ccc(/C=c2\s/c(=C(/C#N)C(=O)Nc3cccc(S(=O)(=O)N4CCCCC4)c3)n(-c3cccc(C(F)(F)F)c3)c2=O)s1. The standard InChI is InChI=1S/C30H25F3N4O4S3/c1-19-11-12-23(42-19)17-26-28(39)37(22-9-5-7-20(15-22)30(31,32)33)29(43-26)25(18-34)27(38)35-21-8-6-10-24(16-21)44(40,41)36-13-3-2-4-14-36/h5-12,15-17H,2-4,13-14H2,1H3,(H,35,38)/b26-17-,29-25-. The normalized spacial score (nSPS) is 15.6. The summed E-state index contributed by atoms with van der Waals surface area (Å²) in [4.78, 5) is 28.7. The molecule has 228 valence electrons. The fraction of sp³-hybridized carbons (Fsp3) is 0.233. The number of hydrogen-bond acceptors (Lipinski definition) is 7. The van der Waals surface area contributed by atoms with Crippen LogP contribution in [0.3, 0.4) is 0 Å². The number of rotatable bonds is 6. The maximum Gasteiger partial charge on any atom is 0.416 e. The number of benzene rings is 2. The number of piperidine rings is 1. The van der Waals surface area contributed by atoms with E-state index in [0.717, 1.165) is 58.2 Å². The van der Waals surface area contributed by atoms with Crippen molar-refractivity contribution in [3.05, 3.63) is 95.5 Å². The number of sulfonamides is 1. The second kappa shape index (κ2) is 12.5. The predicted molar refractivity (Wildman–Crippen MR) is 163 cm³/mol. The van der Waals surface area contributed by atoms with Gasteiger partial charge in [-0.1, -0.05) is 18.6 Å². The Balaban J connectivity index is 1.63. The highest BCUT2D eigenvalue weighted by molar-refractivity contribution is 7.89. The Kier molecular flexibility index (Phi) is 8.94. The van der Waals surface area contributed by atoms with Crippen LogP contribution in [0.5, 0.6) is 0 Å². The number of nitrogens with zero attached hydrogens (tertiary/aromatic N) is 3. The first-order valence-electron chi connectivity index (χ1n) is 13.4. The first-order valence-corrected chi connectivity index (χ1v) is 16.5. The molecule has 8 nitrogen and oxygen atoms in total. The van der Waals surface area contributed by atoms with Gasteiger partial charge in [0.05, 0.1) is 20.7 Å². The van der Waals surface area contributed by atoms with Gasteiger partial charge >= 0.3 is 6.18 Å². The van der Waals surface area contributed by atoms with Crippen LogP contribution < -0.4 is 20.1 Å². The zero-order valence-corrected chi connectivity index (χ0v) is 25.7. The van der Waals surface area contributed by atoms with Crippen molar-refractivity contribution < 1.29 is 26.4 Å². The Morgan fingerprint density at radius 1 is 1.02 bits per heavy atom. The monoisotopic (exact) mass is 658 g/mol. The maximum atomic E-state index is 13.6. The lowest BCUT2D eigenvalue weighted by atomic mass is 10.2. The molecule has 0 spiro atoms. The van der Waals surface area contributed by atoms with Gasteiger partial charge in [-0.05, 0) is 74.4 Å². The van der Waals surface area contributed by atoms with Crippen molar-refractivity contribution in [1.29, 1.82) is 5.26 Å². The Morgan fingerprint density at radius 3 is 2.41 bits per heavy atom. The Hall–Kier alpha value is -4.03. The van der Waals surface area contributed by atoms with Gasteiger partial charge in [0.15, 0.2) is 5.57 Å². The molecule has 1 aliphatic heterocycles. The van der Waals surface area contributed by atoms with Crippen LogP contribution in [0, 0.1) is 18.3 Å². The number of alkyl halides is 3. The average Bonchev–Trinajstić information content (AvgIpc) is 3.55. The molecule has 1 N–H and O–H groups in total. The van der Waals surface area contributed by atoms with Crippen LogP contribution >= 0.6 is 22.7 Å². The predicted octanol–water partition coefficient (Wildman–Crippen LogP) is 4.60. The van der Waals surface area contributed by atoms with E-state index in [2.05, 4.69) is 5.32 Å². The molecule has 0 atom stereocenters. The van der Waals surface area contributed by atoms with Gasteiger partial charge in [-0.2, -0.15) is 22.7 Å². The second-order valence-corrected chi connectivity index (χ2v) is 14.3. The van der Waals surface area contributed by atoms with Crippen molar-refractivity contribution in [2.24, 2.45) is 0 Å². The summed E-state index contributed by atoms with van der Waals surface area (Å²) in [6.07, 6.45) is -0.709. The van der Waals surface area contributed by atoms with Crippen molar-refractivity contribution in [2.45, 2.75) is 37.3 Å². The van der Waals surface area contributed by atoms with Crippen molar-refractivity contribution in [1.82, 2.24) is 8.87 Å². The summed E-state index contributed by atoms with van der Waals surface area (Å²) in [5.41, 5.74) is -2.33. The fourth-order valence-corrected chi connectivity index (χ4v) is 8.30. The number of hydrogen-bond donors (Lipinski definition) is 1. The van der Waals surface area contributed by atoms with Gasteiger partial charge in [0.2, 0.25) is 10.0 Å². The number of carbonyl (C=O) groups is 1. The molecule has 44 heavy (non-hydrogen) atoms. The lowest BCUT2D eigenvalue weighted by Gasteiger charge is -2.26. The largest absolute Gasteiger partial charge is 0.416 e. The summed E-state index contributed by atoms with van der Waals surface area (Å²) in [5.74, 6) is -0.958. The smallest absolute Gasteiger partial charge is 0.321 e. The van der Waals surface area contributed by atoms with Crippen LogP contribution in [-0.4, -0.2) is 36.3 Å². The molecule has 1 amide bonds. The number of nitrogens with one attached hydrogen (secondary N) is 1. The van der Waals surface area contributed by atoms with Crippen molar-refractivity contribution >= 4 is 55.9 Å². The Labute approximate surface area is 258 Å². The van der Waals surface area contributed by atoms with Crippen molar-refractivity contribution in [2.75, 3.05) is 18.4 Å². The average molecular weight is 659 g/mol. The van der Waals surface area contributed by atoms with E-state index in [4.69, 9.17) is 0 Å². The van der Waals surface area contributed by atoms with Crippen LogP contribution in [0.1, 0.15) is 34.6 Å². The zero-order chi connectivity index (χ0) is 31.6. The summed E-state index contributed by atoms with van der Waals surface area (Å²) in [7, 11) is -3.82. The highest BCUT2D eigenvalue weighted by atomic mass is 32.2. The van der Waals surface area contributed by atoms with E-state index in [9.17, 15) is 36.4 Å². The maximum absolute atomic E-state index is 13.6. The molecule has 1 fully saturated rings. The van der Waals surface area contributed by atoms with Gasteiger partial charge in [-0.25, -0.2) is 8.42 Å². The van der Waals surface area contributed by atoms with E-state index in [1.807, 2.05) is 13.0 Å². The number of anilines is 1. The van der Waals surface area contributed by atoms with Gasteiger partial charge in [-0.3, -0.25) is 14.2 Å². The summed E-state index contributed by atoms with van der Waals surface area (Å²) >= 11 is 2.19. The first-order chi connectivity index (χ1) is 20.9.